The van der Waals surface area contributed by atoms with Crippen LogP contribution in [-0.2, 0) is 0 Å². The number of halogens is 2. The summed E-state index contributed by atoms with van der Waals surface area (Å²) in [4.78, 5) is 11.3. The Morgan fingerprint density at radius 1 is 1.21 bits per heavy atom. The van der Waals surface area contributed by atoms with Crippen LogP contribution in [0.2, 0.25) is 5.02 Å². The first kappa shape index (κ1) is 13.2. The molecule has 3 nitrogen and oxygen atoms in total. The van der Waals surface area contributed by atoms with Crippen LogP contribution in [0.25, 0.3) is 0 Å². The number of carbonyl (C=O) groups excluding carboxylic acids is 1. The fraction of sp³-hybridized carbons (Fsp3) is 0. The van der Waals surface area contributed by atoms with Gasteiger partial charge < -0.3 is 10.1 Å². The van der Waals surface area contributed by atoms with Gasteiger partial charge in [0.25, 0.3) is 0 Å². The van der Waals surface area contributed by atoms with Crippen molar-refractivity contribution in [3.8, 4) is 11.5 Å². The number of ether oxygens (including phenoxy) is 1. The number of hydrogen-bond donors (Lipinski definition) is 1. The van der Waals surface area contributed by atoms with Crippen molar-refractivity contribution < 1.29 is 13.9 Å². The van der Waals surface area contributed by atoms with Gasteiger partial charge in [-0.25, -0.2) is 4.39 Å². The molecule has 0 radical (unpaired) electrons. The summed E-state index contributed by atoms with van der Waals surface area (Å²) in [7, 11) is 0. The van der Waals surface area contributed by atoms with E-state index in [1.165, 1.54) is 12.1 Å². The van der Waals surface area contributed by atoms with Gasteiger partial charge >= 0.3 is 0 Å². The van der Waals surface area contributed by atoms with Crippen LogP contribution in [-0.4, -0.2) is 12.0 Å². The SMILES string of the molecule is N=CC(=O)c1ccc(F)c(Oc2ccc(Cl)cc2)c1. The molecule has 0 aliphatic heterocycles. The lowest BCUT2D eigenvalue weighted by atomic mass is 10.1. The number of benzene rings is 2. The van der Waals surface area contributed by atoms with E-state index in [0.29, 0.717) is 17.0 Å². The smallest absolute Gasteiger partial charge is 0.203 e. The van der Waals surface area contributed by atoms with Gasteiger partial charge in [-0.3, -0.25) is 4.79 Å². The zero-order valence-electron chi connectivity index (χ0n) is 9.69. The Labute approximate surface area is 114 Å². The summed E-state index contributed by atoms with van der Waals surface area (Å²) in [6.07, 6.45) is 0.666. The Balaban J connectivity index is 2.31. The second kappa shape index (κ2) is 5.63. The maximum atomic E-state index is 13.6. The summed E-state index contributed by atoms with van der Waals surface area (Å²) in [6, 6.07) is 10.1. The molecule has 19 heavy (non-hydrogen) atoms. The Kier molecular flexibility index (Phi) is 3.92. The quantitative estimate of drug-likeness (QED) is 0.675. The molecule has 0 fully saturated rings. The van der Waals surface area contributed by atoms with Gasteiger partial charge in [-0.15, -0.1) is 0 Å². The minimum absolute atomic E-state index is 0.0741. The van der Waals surface area contributed by atoms with Crippen molar-refractivity contribution in [3.63, 3.8) is 0 Å². The van der Waals surface area contributed by atoms with Crippen molar-refractivity contribution in [1.29, 1.82) is 5.41 Å². The number of carbonyl (C=O) groups is 1. The monoisotopic (exact) mass is 277 g/mol. The third-order valence-corrected chi connectivity index (χ3v) is 2.64. The highest BCUT2D eigenvalue weighted by Crippen LogP contribution is 2.26. The minimum Gasteiger partial charge on any atom is -0.454 e. The lowest BCUT2D eigenvalue weighted by Gasteiger charge is -2.07. The summed E-state index contributed by atoms with van der Waals surface area (Å²) in [5.74, 6) is -0.768. The molecule has 2 aromatic rings. The third kappa shape index (κ3) is 3.17. The molecule has 0 heterocycles. The molecule has 0 amide bonds. The van der Waals surface area contributed by atoms with E-state index in [1.807, 2.05) is 0 Å². The predicted octanol–water partition coefficient (Wildman–Crippen LogP) is 4.10. The second-order valence-electron chi connectivity index (χ2n) is 3.71. The molecule has 0 saturated heterocycles. The van der Waals surface area contributed by atoms with Crippen molar-refractivity contribution >= 4 is 23.6 Å². The third-order valence-electron chi connectivity index (χ3n) is 2.39. The summed E-state index contributed by atoms with van der Waals surface area (Å²) < 4.78 is 18.9. The fourth-order valence-electron chi connectivity index (χ4n) is 1.45. The van der Waals surface area contributed by atoms with Crippen LogP contribution < -0.4 is 4.74 Å². The second-order valence-corrected chi connectivity index (χ2v) is 4.15. The van der Waals surface area contributed by atoms with Gasteiger partial charge in [0.15, 0.2) is 11.6 Å². The molecule has 0 aromatic heterocycles. The summed E-state index contributed by atoms with van der Waals surface area (Å²) in [5.41, 5.74) is 0.195. The van der Waals surface area contributed by atoms with Crippen LogP contribution in [0.1, 0.15) is 10.4 Å². The van der Waals surface area contributed by atoms with Crippen LogP contribution in [0.3, 0.4) is 0 Å². The van der Waals surface area contributed by atoms with Gasteiger partial charge in [0, 0.05) is 10.6 Å². The first-order valence-electron chi connectivity index (χ1n) is 5.38. The maximum absolute atomic E-state index is 13.6. The molecule has 96 valence electrons. The Bertz CT molecular complexity index is 626. The van der Waals surface area contributed by atoms with Gasteiger partial charge in [0.1, 0.15) is 5.75 Å². The highest BCUT2D eigenvalue weighted by atomic mass is 35.5. The molecular formula is C14H9ClFNO2. The highest BCUT2D eigenvalue weighted by molar-refractivity contribution is 6.34. The predicted molar refractivity (Wildman–Crippen MR) is 71.0 cm³/mol. The average Bonchev–Trinajstić information content (AvgIpc) is 2.43. The van der Waals surface area contributed by atoms with Crippen molar-refractivity contribution in [2.45, 2.75) is 0 Å². The number of hydrogen-bond acceptors (Lipinski definition) is 3. The van der Waals surface area contributed by atoms with Gasteiger partial charge in [-0.05, 0) is 42.5 Å². The Morgan fingerprint density at radius 3 is 2.53 bits per heavy atom. The largest absolute Gasteiger partial charge is 0.454 e. The first-order valence-corrected chi connectivity index (χ1v) is 5.76. The van der Waals surface area contributed by atoms with Crippen LogP contribution in [0.15, 0.2) is 42.5 Å². The number of nitrogens with one attached hydrogen (secondary N) is 1. The lowest BCUT2D eigenvalue weighted by Crippen LogP contribution is -2.00. The molecule has 2 rings (SSSR count). The summed E-state index contributed by atoms with van der Waals surface area (Å²) in [5, 5.41) is 7.43. The molecule has 0 bridgehead atoms. The zero-order chi connectivity index (χ0) is 13.8. The van der Waals surface area contributed by atoms with E-state index in [0.717, 1.165) is 6.07 Å². The Morgan fingerprint density at radius 2 is 1.89 bits per heavy atom. The molecule has 0 spiro atoms. The van der Waals surface area contributed by atoms with E-state index in [9.17, 15) is 9.18 Å². The fourth-order valence-corrected chi connectivity index (χ4v) is 1.57. The van der Waals surface area contributed by atoms with Crippen LogP contribution in [0.4, 0.5) is 4.39 Å². The van der Waals surface area contributed by atoms with Crippen LogP contribution in [0.5, 0.6) is 11.5 Å². The summed E-state index contributed by atoms with van der Waals surface area (Å²) >= 11 is 5.73. The first-order chi connectivity index (χ1) is 9.10. The van der Waals surface area contributed by atoms with E-state index in [4.69, 9.17) is 21.7 Å². The number of Topliss-reactive ketones (excluding diaryl/α,β-unsaturated/α-hetero) is 1. The molecule has 0 atom stereocenters. The number of ketones is 1. The van der Waals surface area contributed by atoms with Crippen molar-refractivity contribution in [1.82, 2.24) is 0 Å². The summed E-state index contributed by atoms with van der Waals surface area (Å²) in [6.45, 7) is 0. The minimum atomic E-state index is -0.587. The van der Waals surface area contributed by atoms with Gasteiger partial charge in [-0.2, -0.15) is 0 Å². The van der Waals surface area contributed by atoms with E-state index >= 15 is 0 Å². The molecule has 5 heteroatoms. The van der Waals surface area contributed by atoms with Gasteiger partial charge in [0.05, 0.1) is 6.21 Å². The standard InChI is InChI=1S/C14H9ClFNO2/c15-10-2-4-11(5-3-10)19-14-7-9(13(18)8-17)1-6-12(14)16/h1-8,17H. The lowest BCUT2D eigenvalue weighted by molar-refractivity contribution is 0.107. The Hall–Kier alpha value is -2.20. The average molecular weight is 278 g/mol. The van der Waals surface area contributed by atoms with Gasteiger partial charge in [0.2, 0.25) is 5.78 Å². The normalized spacial score (nSPS) is 10.0. The van der Waals surface area contributed by atoms with E-state index < -0.39 is 11.6 Å². The maximum Gasteiger partial charge on any atom is 0.203 e. The molecule has 0 aliphatic carbocycles. The van der Waals surface area contributed by atoms with E-state index in [1.54, 1.807) is 24.3 Å². The molecular weight excluding hydrogens is 269 g/mol. The van der Waals surface area contributed by atoms with Gasteiger partial charge in [-0.1, -0.05) is 11.6 Å². The van der Waals surface area contributed by atoms with E-state index in [-0.39, 0.29) is 11.3 Å². The molecule has 0 aliphatic rings. The molecule has 2 aromatic carbocycles. The highest BCUT2D eigenvalue weighted by Gasteiger charge is 2.10. The molecule has 0 unspecified atom stereocenters. The number of rotatable bonds is 4. The van der Waals surface area contributed by atoms with E-state index in [2.05, 4.69) is 0 Å². The van der Waals surface area contributed by atoms with Crippen LogP contribution in [0, 0.1) is 11.2 Å². The van der Waals surface area contributed by atoms with Crippen LogP contribution >= 0.6 is 11.6 Å². The van der Waals surface area contributed by atoms with Crippen molar-refractivity contribution in [2.24, 2.45) is 0 Å². The topological polar surface area (TPSA) is 50.2 Å². The van der Waals surface area contributed by atoms with Crippen molar-refractivity contribution in [2.75, 3.05) is 0 Å². The van der Waals surface area contributed by atoms with Crippen molar-refractivity contribution in [3.05, 3.63) is 58.9 Å². The molecule has 1 N–H and O–H groups in total. The molecule has 0 saturated carbocycles. The zero-order valence-corrected chi connectivity index (χ0v) is 10.4.